The first-order chi connectivity index (χ1) is 12.6. The highest BCUT2D eigenvalue weighted by Crippen LogP contribution is 2.50. The summed E-state index contributed by atoms with van der Waals surface area (Å²) in [5, 5.41) is 0. The van der Waals surface area contributed by atoms with E-state index in [0.29, 0.717) is 6.54 Å². The van der Waals surface area contributed by atoms with E-state index in [0.717, 1.165) is 29.7 Å². The molecule has 0 saturated carbocycles. The van der Waals surface area contributed by atoms with Crippen LogP contribution < -0.4 is 0 Å². The van der Waals surface area contributed by atoms with Crippen LogP contribution in [0.4, 0.5) is 4.39 Å². The van der Waals surface area contributed by atoms with Gasteiger partial charge in [0.1, 0.15) is 5.82 Å². The first-order valence-electron chi connectivity index (χ1n) is 8.84. The van der Waals surface area contributed by atoms with Crippen molar-refractivity contribution in [2.45, 2.75) is 24.6 Å². The molecule has 2 heterocycles. The van der Waals surface area contributed by atoms with Crippen LogP contribution >= 0.6 is 0 Å². The highest BCUT2D eigenvalue weighted by molar-refractivity contribution is 5.97. The smallest absolute Gasteiger partial charge is 0.332 e. The number of hydrogen-bond donors (Lipinski definition) is 0. The fourth-order valence-electron chi connectivity index (χ4n) is 4.41. The van der Waals surface area contributed by atoms with Crippen LogP contribution in [0.15, 0.2) is 72.3 Å². The molecule has 3 nitrogen and oxygen atoms in total. The Balaban J connectivity index is 1.54. The van der Waals surface area contributed by atoms with Crippen LogP contribution in [0.1, 0.15) is 17.5 Å². The van der Waals surface area contributed by atoms with Gasteiger partial charge in [-0.25, -0.2) is 9.18 Å². The van der Waals surface area contributed by atoms with Crippen molar-refractivity contribution in [2.75, 3.05) is 6.54 Å². The Morgan fingerprint density at radius 1 is 1.12 bits per heavy atom. The molecule has 2 atom stereocenters. The monoisotopic (exact) mass is 347 g/mol. The lowest BCUT2D eigenvalue weighted by Crippen LogP contribution is -2.36. The third-order valence-electron chi connectivity index (χ3n) is 5.55. The third kappa shape index (κ3) is 2.41. The van der Waals surface area contributed by atoms with Crippen molar-refractivity contribution in [1.29, 1.82) is 0 Å². The van der Waals surface area contributed by atoms with Crippen LogP contribution in [0.3, 0.4) is 0 Å². The van der Waals surface area contributed by atoms with Crippen LogP contribution in [0.25, 0.3) is 5.57 Å². The van der Waals surface area contributed by atoms with Gasteiger partial charge in [-0.3, -0.25) is 4.90 Å². The van der Waals surface area contributed by atoms with Gasteiger partial charge >= 0.3 is 5.97 Å². The molecule has 0 N–H and O–H groups in total. The number of halogens is 1. The van der Waals surface area contributed by atoms with Gasteiger partial charge in [-0.1, -0.05) is 48.5 Å². The summed E-state index contributed by atoms with van der Waals surface area (Å²) in [6.45, 7) is 1.50. The van der Waals surface area contributed by atoms with E-state index >= 15 is 0 Å². The summed E-state index contributed by atoms with van der Waals surface area (Å²) in [4.78, 5) is 14.4. The zero-order chi connectivity index (χ0) is 17.7. The topological polar surface area (TPSA) is 29.5 Å². The molecule has 0 aromatic heterocycles. The summed E-state index contributed by atoms with van der Waals surface area (Å²) in [6.07, 6.45) is 4.59. The average Bonchev–Trinajstić information content (AvgIpc) is 3.12. The Bertz CT molecular complexity index is 932. The number of rotatable bonds is 3. The number of benzene rings is 2. The highest BCUT2D eigenvalue weighted by atomic mass is 19.1. The van der Waals surface area contributed by atoms with E-state index in [2.05, 4.69) is 23.1 Å². The molecule has 1 spiro atoms. The van der Waals surface area contributed by atoms with Gasteiger partial charge in [0.25, 0.3) is 0 Å². The minimum Gasteiger partial charge on any atom is -0.450 e. The van der Waals surface area contributed by atoms with E-state index < -0.39 is 5.60 Å². The van der Waals surface area contributed by atoms with Crippen LogP contribution in [0, 0.1) is 5.82 Å². The number of nitrogens with zero attached hydrogens (tertiary/aromatic N) is 1. The average molecular weight is 347 g/mol. The molecule has 0 radical (unpaired) electrons. The molecule has 26 heavy (non-hydrogen) atoms. The van der Waals surface area contributed by atoms with Crippen LogP contribution in [-0.4, -0.2) is 29.1 Å². The van der Waals surface area contributed by atoms with E-state index in [1.165, 1.54) is 17.7 Å². The van der Waals surface area contributed by atoms with Gasteiger partial charge in [0.05, 0.1) is 0 Å². The molecule has 2 aromatic rings. The van der Waals surface area contributed by atoms with Crippen LogP contribution in [-0.2, 0) is 16.1 Å². The summed E-state index contributed by atoms with van der Waals surface area (Å²) in [7, 11) is 0. The van der Waals surface area contributed by atoms with Gasteiger partial charge in [0, 0.05) is 37.2 Å². The number of hydrogen-bond acceptors (Lipinski definition) is 3. The van der Waals surface area contributed by atoms with E-state index in [9.17, 15) is 9.18 Å². The Hall–Kier alpha value is -2.72. The second-order valence-electron chi connectivity index (χ2n) is 7.22. The van der Waals surface area contributed by atoms with Gasteiger partial charge in [0.15, 0.2) is 5.60 Å². The van der Waals surface area contributed by atoms with Crippen molar-refractivity contribution in [2.24, 2.45) is 0 Å². The van der Waals surface area contributed by atoms with E-state index in [-0.39, 0.29) is 17.8 Å². The normalized spacial score (nSPS) is 27.0. The van der Waals surface area contributed by atoms with Crippen molar-refractivity contribution in [1.82, 2.24) is 4.90 Å². The molecule has 130 valence electrons. The third-order valence-corrected chi connectivity index (χ3v) is 5.55. The molecule has 1 saturated heterocycles. The van der Waals surface area contributed by atoms with Crippen LogP contribution in [0.2, 0.25) is 0 Å². The molecule has 2 aliphatic heterocycles. The fraction of sp³-hybridized carbons (Fsp3) is 0.227. The Labute approximate surface area is 151 Å². The van der Waals surface area contributed by atoms with Gasteiger partial charge in [0.2, 0.25) is 0 Å². The molecule has 1 fully saturated rings. The van der Waals surface area contributed by atoms with E-state index in [1.54, 1.807) is 18.2 Å². The maximum atomic E-state index is 13.3. The molecule has 3 aliphatic rings. The molecule has 0 amide bonds. The first kappa shape index (κ1) is 15.5. The minimum atomic E-state index is -0.574. The van der Waals surface area contributed by atoms with Gasteiger partial charge in [-0.05, 0) is 28.8 Å². The molecule has 5 rings (SSSR count). The zero-order valence-electron chi connectivity index (χ0n) is 14.2. The lowest BCUT2D eigenvalue weighted by atomic mass is 9.79. The molecular weight excluding hydrogens is 329 g/mol. The lowest BCUT2D eigenvalue weighted by molar-refractivity contribution is -0.145. The van der Waals surface area contributed by atoms with Crippen molar-refractivity contribution < 1.29 is 13.9 Å². The standard InChI is InChI=1S/C22H18FNO2/c23-17-8-6-16(7-9-17)19-10-18-12-22(20(19)11-21(25)26-22)14-24(18)13-15-4-2-1-3-5-15/h1-11,18H,12-14H2/t18-,22-/m1/s1. The van der Waals surface area contributed by atoms with Crippen molar-refractivity contribution in [3.05, 3.63) is 89.3 Å². The van der Waals surface area contributed by atoms with Gasteiger partial charge in [-0.2, -0.15) is 0 Å². The van der Waals surface area contributed by atoms with Crippen LogP contribution in [0.5, 0.6) is 0 Å². The number of carbonyl (C=O) groups excluding carboxylic acids is 1. The maximum absolute atomic E-state index is 13.3. The number of fused-ring (bicyclic) bond motifs is 1. The minimum absolute atomic E-state index is 0.193. The molecule has 1 aliphatic carbocycles. The number of carbonyl (C=O) groups is 1. The quantitative estimate of drug-likeness (QED) is 0.793. The summed E-state index contributed by atoms with van der Waals surface area (Å²) in [5.74, 6) is -0.545. The van der Waals surface area contributed by atoms with Gasteiger partial charge in [-0.15, -0.1) is 0 Å². The molecule has 2 aromatic carbocycles. The lowest BCUT2D eigenvalue weighted by Gasteiger charge is -2.30. The Morgan fingerprint density at radius 2 is 1.88 bits per heavy atom. The predicted molar refractivity (Wildman–Crippen MR) is 96.5 cm³/mol. The van der Waals surface area contributed by atoms with E-state index in [4.69, 9.17) is 4.74 Å². The maximum Gasteiger partial charge on any atom is 0.332 e. The summed E-state index contributed by atoms with van der Waals surface area (Å²) < 4.78 is 19.1. The first-order valence-corrected chi connectivity index (χ1v) is 8.84. The number of esters is 1. The molecule has 2 bridgehead atoms. The summed E-state index contributed by atoms with van der Waals surface area (Å²) >= 11 is 0. The Morgan fingerprint density at radius 3 is 2.65 bits per heavy atom. The van der Waals surface area contributed by atoms with E-state index in [1.807, 2.05) is 18.2 Å². The number of ether oxygens (including phenoxy) is 1. The Kier molecular flexibility index (Phi) is 3.37. The number of likely N-dealkylation sites (tertiary alicyclic amines) is 1. The highest BCUT2D eigenvalue weighted by Gasteiger charge is 2.55. The second-order valence-corrected chi connectivity index (χ2v) is 7.22. The fourth-order valence-corrected chi connectivity index (χ4v) is 4.41. The molecule has 0 unspecified atom stereocenters. The SMILES string of the molecule is O=C1C=C2C(c3ccc(F)cc3)=C[C@@H]3C[C@]2(CN3Cc2ccccc2)O1. The van der Waals surface area contributed by atoms with Gasteiger partial charge < -0.3 is 4.74 Å². The summed E-state index contributed by atoms with van der Waals surface area (Å²) in [5.41, 5.74) is 3.51. The predicted octanol–water partition coefficient (Wildman–Crippen LogP) is 3.72. The molecule has 4 heteroatoms. The van der Waals surface area contributed by atoms with Crippen molar-refractivity contribution in [3.63, 3.8) is 0 Å². The zero-order valence-corrected chi connectivity index (χ0v) is 14.2. The van der Waals surface area contributed by atoms with Crippen molar-refractivity contribution in [3.8, 4) is 0 Å². The largest absolute Gasteiger partial charge is 0.450 e. The second kappa shape index (κ2) is 5.64. The molecular formula is C22H18FNO2. The van der Waals surface area contributed by atoms with Crippen molar-refractivity contribution >= 4 is 11.5 Å². The summed E-state index contributed by atoms with van der Waals surface area (Å²) in [6, 6.07) is 17.0.